The van der Waals surface area contributed by atoms with E-state index >= 15 is 0 Å². The molecule has 2 aromatic carbocycles. The molecule has 1 atom stereocenters. The highest BCUT2D eigenvalue weighted by Crippen LogP contribution is 2.29. The number of anilines is 1. The average Bonchev–Trinajstić information content (AvgIpc) is 2.76. The molecule has 0 saturated carbocycles. The average molecular weight is 563 g/mol. The highest BCUT2D eigenvalue weighted by atomic mass is 35.5. The van der Waals surface area contributed by atoms with Gasteiger partial charge in [-0.2, -0.15) is 0 Å². The molecule has 1 N–H and O–H groups in total. The lowest BCUT2D eigenvalue weighted by Crippen LogP contribution is -2.51. The molecule has 0 heterocycles. The number of benzene rings is 2. The van der Waals surface area contributed by atoms with Crippen LogP contribution in [0, 0.1) is 12.8 Å². The van der Waals surface area contributed by atoms with Gasteiger partial charge in [-0.05, 0) is 55.2 Å². The van der Waals surface area contributed by atoms with E-state index in [9.17, 15) is 18.0 Å². The van der Waals surface area contributed by atoms with E-state index in [0.29, 0.717) is 32.7 Å². The van der Waals surface area contributed by atoms with Gasteiger partial charge in [0.2, 0.25) is 21.8 Å². The molecule has 0 aliphatic rings. The van der Waals surface area contributed by atoms with Crippen LogP contribution in [-0.2, 0) is 26.2 Å². The number of nitrogens with zero attached hydrogens (tertiary/aromatic N) is 2. The Morgan fingerprint density at radius 2 is 1.69 bits per heavy atom. The predicted octanol–water partition coefficient (Wildman–Crippen LogP) is 4.91. The van der Waals surface area contributed by atoms with E-state index in [-0.39, 0.29) is 24.1 Å². The fraction of sp³-hybridized carbons (Fsp3) is 0.417. The maximum absolute atomic E-state index is 13.6. The third-order valence-corrected chi connectivity index (χ3v) is 7.52. The predicted molar refractivity (Wildman–Crippen MR) is 143 cm³/mol. The van der Waals surface area contributed by atoms with Crippen LogP contribution in [0.15, 0.2) is 36.4 Å². The van der Waals surface area contributed by atoms with Crippen LogP contribution in [0.25, 0.3) is 0 Å². The molecule has 0 saturated heterocycles. The molecule has 11 heteroatoms. The van der Waals surface area contributed by atoms with Gasteiger partial charge in [0.05, 0.1) is 11.9 Å². The summed E-state index contributed by atoms with van der Waals surface area (Å²) in [6.45, 7) is 7.08. The first kappa shape index (κ1) is 29.2. The lowest BCUT2D eigenvalue weighted by Gasteiger charge is -2.32. The number of amides is 2. The molecule has 0 aromatic heterocycles. The minimum Gasteiger partial charge on any atom is -0.354 e. The van der Waals surface area contributed by atoms with E-state index in [0.717, 1.165) is 10.6 Å². The zero-order chi connectivity index (χ0) is 26.5. The lowest BCUT2D eigenvalue weighted by atomic mass is 10.1. The maximum Gasteiger partial charge on any atom is 0.244 e. The van der Waals surface area contributed by atoms with Crippen molar-refractivity contribution in [3.05, 3.63) is 62.6 Å². The molecule has 7 nitrogen and oxygen atoms in total. The fourth-order valence-corrected chi connectivity index (χ4v) is 4.87. The van der Waals surface area contributed by atoms with E-state index < -0.39 is 28.5 Å². The van der Waals surface area contributed by atoms with Crippen molar-refractivity contribution in [2.75, 3.05) is 23.7 Å². The Labute approximate surface area is 222 Å². The van der Waals surface area contributed by atoms with E-state index in [1.54, 1.807) is 50.2 Å². The SMILES string of the molecule is Cc1c(Cl)cccc1N(CC(=O)N(Cc1ccc(Cl)cc1Cl)[C@H](C)C(=O)NCC(C)C)S(C)(=O)=O. The molecule has 0 bridgehead atoms. The molecule has 0 unspecified atom stereocenters. The minimum absolute atomic E-state index is 0.0166. The monoisotopic (exact) mass is 561 g/mol. The van der Waals surface area contributed by atoms with Gasteiger partial charge in [-0.3, -0.25) is 13.9 Å². The zero-order valence-electron chi connectivity index (χ0n) is 20.3. The zero-order valence-corrected chi connectivity index (χ0v) is 23.4. The van der Waals surface area contributed by atoms with Crippen molar-refractivity contribution in [3.8, 4) is 0 Å². The van der Waals surface area contributed by atoms with Crippen LogP contribution < -0.4 is 9.62 Å². The van der Waals surface area contributed by atoms with Crippen molar-refractivity contribution in [1.82, 2.24) is 10.2 Å². The number of carbonyl (C=O) groups excluding carboxylic acids is 2. The molecule has 0 aliphatic heterocycles. The Kier molecular flexibility index (Phi) is 10.3. The molecule has 2 amide bonds. The van der Waals surface area contributed by atoms with E-state index in [1.807, 2.05) is 13.8 Å². The first-order valence-electron chi connectivity index (χ1n) is 11.0. The van der Waals surface area contributed by atoms with Crippen molar-refractivity contribution in [2.24, 2.45) is 5.92 Å². The van der Waals surface area contributed by atoms with Crippen LogP contribution >= 0.6 is 34.8 Å². The van der Waals surface area contributed by atoms with Gasteiger partial charge in [-0.1, -0.05) is 60.8 Å². The summed E-state index contributed by atoms with van der Waals surface area (Å²) in [7, 11) is -3.86. The Hall–Kier alpha value is -2.00. The van der Waals surface area contributed by atoms with Gasteiger partial charge in [-0.25, -0.2) is 8.42 Å². The van der Waals surface area contributed by atoms with Gasteiger partial charge in [0.15, 0.2) is 0 Å². The molecule has 0 radical (unpaired) electrons. The highest BCUT2D eigenvalue weighted by Gasteiger charge is 2.31. The summed E-state index contributed by atoms with van der Waals surface area (Å²) < 4.78 is 26.4. The van der Waals surface area contributed by atoms with Crippen LogP contribution in [0.4, 0.5) is 5.69 Å². The quantitative estimate of drug-likeness (QED) is 0.446. The Balaban J connectivity index is 2.45. The number of hydrogen-bond donors (Lipinski definition) is 1. The molecule has 0 fully saturated rings. The topological polar surface area (TPSA) is 86.8 Å². The van der Waals surface area contributed by atoms with Crippen molar-refractivity contribution in [3.63, 3.8) is 0 Å². The van der Waals surface area contributed by atoms with Crippen LogP contribution in [0.3, 0.4) is 0 Å². The number of rotatable bonds is 10. The summed E-state index contributed by atoms with van der Waals surface area (Å²) >= 11 is 18.5. The van der Waals surface area contributed by atoms with Gasteiger partial charge in [0.1, 0.15) is 12.6 Å². The maximum atomic E-state index is 13.6. The lowest BCUT2D eigenvalue weighted by molar-refractivity contribution is -0.139. The first-order chi connectivity index (χ1) is 16.2. The van der Waals surface area contributed by atoms with Crippen LogP contribution in [0.1, 0.15) is 31.9 Å². The third-order valence-electron chi connectivity index (χ3n) is 5.39. The second kappa shape index (κ2) is 12.3. The summed E-state index contributed by atoms with van der Waals surface area (Å²) in [5.41, 5.74) is 1.37. The third kappa shape index (κ3) is 8.00. The molecule has 2 rings (SSSR count). The van der Waals surface area contributed by atoms with Crippen LogP contribution in [0.5, 0.6) is 0 Å². The normalized spacial score (nSPS) is 12.4. The van der Waals surface area contributed by atoms with Crippen LogP contribution in [0.2, 0.25) is 15.1 Å². The molecule has 0 spiro atoms. The molecule has 192 valence electrons. The summed E-state index contributed by atoms with van der Waals surface area (Å²) in [6, 6.07) is 8.78. The van der Waals surface area contributed by atoms with Gasteiger partial charge in [0, 0.05) is 28.2 Å². The summed E-state index contributed by atoms with van der Waals surface area (Å²) in [6.07, 6.45) is 1.01. The Bertz CT molecular complexity index is 1190. The smallest absolute Gasteiger partial charge is 0.244 e. The van der Waals surface area contributed by atoms with E-state index in [2.05, 4.69) is 5.32 Å². The summed E-state index contributed by atoms with van der Waals surface area (Å²) in [5.74, 6) is -0.720. The number of halogens is 3. The molecule has 35 heavy (non-hydrogen) atoms. The molecule has 0 aliphatic carbocycles. The number of sulfonamides is 1. The van der Waals surface area contributed by atoms with Gasteiger partial charge in [0.25, 0.3) is 0 Å². The fourth-order valence-electron chi connectivity index (χ4n) is 3.33. The number of carbonyl (C=O) groups is 2. The van der Waals surface area contributed by atoms with Crippen molar-refractivity contribution < 1.29 is 18.0 Å². The second-order valence-corrected chi connectivity index (χ2v) is 11.9. The highest BCUT2D eigenvalue weighted by molar-refractivity contribution is 7.92. The van der Waals surface area contributed by atoms with Gasteiger partial charge in [-0.15, -0.1) is 0 Å². The van der Waals surface area contributed by atoms with Gasteiger partial charge >= 0.3 is 0 Å². The molecule has 2 aromatic rings. The van der Waals surface area contributed by atoms with Crippen molar-refractivity contribution in [2.45, 2.75) is 40.3 Å². The second-order valence-electron chi connectivity index (χ2n) is 8.73. The van der Waals surface area contributed by atoms with Crippen LogP contribution in [-0.4, -0.2) is 50.5 Å². The summed E-state index contributed by atoms with van der Waals surface area (Å²) in [5, 5.41) is 3.95. The van der Waals surface area contributed by atoms with E-state index in [1.165, 1.54) is 4.90 Å². The first-order valence-corrected chi connectivity index (χ1v) is 13.9. The van der Waals surface area contributed by atoms with Crippen molar-refractivity contribution >= 4 is 62.3 Å². The largest absolute Gasteiger partial charge is 0.354 e. The number of hydrogen-bond acceptors (Lipinski definition) is 4. The van der Waals surface area contributed by atoms with E-state index in [4.69, 9.17) is 34.8 Å². The van der Waals surface area contributed by atoms with Crippen molar-refractivity contribution in [1.29, 1.82) is 0 Å². The Morgan fingerprint density at radius 1 is 1.03 bits per heavy atom. The minimum atomic E-state index is -3.86. The standard InChI is InChI=1S/C24H30Cl3N3O4S/c1-15(2)12-28-24(32)17(4)29(13-18-9-10-19(25)11-21(18)27)23(31)14-30(35(5,33)34)22-8-6-7-20(26)16(22)3/h6-11,15,17H,12-14H2,1-5H3,(H,28,32)/t17-/m1/s1. The molecular weight excluding hydrogens is 533 g/mol. The summed E-state index contributed by atoms with van der Waals surface area (Å²) in [4.78, 5) is 27.7. The number of nitrogens with one attached hydrogen (secondary N) is 1. The van der Waals surface area contributed by atoms with Gasteiger partial charge < -0.3 is 10.2 Å². The molecular formula is C24H30Cl3N3O4S. The Morgan fingerprint density at radius 3 is 2.26 bits per heavy atom.